The van der Waals surface area contributed by atoms with Crippen LogP contribution in [0.3, 0.4) is 0 Å². The van der Waals surface area contributed by atoms with Crippen molar-refractivity contribution in [2.75, 3.05) is 7.11 Å². The summed E-state index contributed by atoms with van der Waals surface area (Å²) in [4.78, 5) is 0.0610. The van der Waals surface area contributed by atoms with Gasteiger partial charge < -0.3 is 5.11 Å². The molecule has 0 amide bonds. The number of aliphatic hydroxyl groups excluding tert-OH is 1. The Labute approximate surface area is 184 Å². The summed E-state index contributed by atoms with van der Waals surface area (Å²) in [6.45, 7) is 2.24. The molecule has 0 heterocycles. The molecule has 0 saturated heterocycles. The van der Waals surface area contributed by atoms with Gasteiger partial charge in [0.25, 0.3) is 10.1 Å². The molecule has 0 aliphatic heterocycles. The van der Waals surface area contributed by atoms with Crippen molar-refractivity contribution < 1.29 is 18.1 Å². The normalized spacial score (nSPS) is 10.6. The number of hydrogen-bond donors (Lipinski definition) is 2. The summed E-state index contributed by atoms with van der Waals surface area (Å²) in [5.41, 5.74) is 0.726. The molecule has 25 heavy (non-hydrogen) atoms. The van der Waals surface area contributed by atoms with Crippen molar-refractivity contribution in [3.8, 4) is 0 Å². The average Bonchev–Trinajstić information content (AvgIpc) is 2.58. The number of benzene rings is 1. The van der Waals surface area contributed by atoms with E-state index in [2.05, 4.69) is 6.92 Å². The number of unbranched alkanes of at least 4 members (excludes halogenated alkanes) is 9. The standard InChI is InChI=1S/C18H30O3S.CH4O.Ca.2H/c1-2-3-4-5-6-7-8-9-10-11-14-17-15-12-13-16-18(17)22(19,20)21;1-2;;;/h12-13,15-16H,2-11,14H2,1H3,(H,19,20,21);2H,1H3;;;. The fraction of sp³-hybridized carbons (Fsp3) is 0.684. The summed E-state index contributed by atoms with van der Waals surface area (Å²) >= 11 is 0. The Morgan fingerprint density at radius 3 is 1.72 bits per heavy atom. The van der Waals surface area contributed by atoms with Gasteiger partial charge in [0.05, 0.1) is 4.90 Å². The maximum atomic E-state index is 11.3. The van der Waals surface area contributed by atoms with Crippen molar-refractivity contribution in [1.29, 1.82) is 0 Å². The molecule has 2 N–H and O–H groups in total. The molecule has 1 aromatic rings. The molecule has 1 rings (SSSR count). The Bertz CT molecular complexity index is 518. The zero-order valence-corrected chi connectivity index (χ0v) is 16.0. The first-order valence-electron chi connectivity index (χ1n) is 9.06. The molecule has 1 aromatic carbocycles. The van der Waals surface area contributed by atoms with Crippen LogP contribution < -0.4 is 0 Å². The zero-order chi connectivity index (χ0) is 18.3. The molecule has 144 valence electrons. The van der Waals surface area contributed by atoms with Gasteiger partial charge in [-0.25, -0.2) is 0 Å². The van der Waals surface area contributed by atoms with E-state index < -0.39 is 10.1 Å². The maximum absolute atomic E-state index is 11.3. The van der Waals surface area contributed by atoms with E-state index in [-0.39, 0.29) is 42.6 Å². The zero-order valence-electron chi connectivity index (χ0n) is 15.2. The molecule has 0 fully saturated rings. The first kappa shape index (κ1) is 27.6. The van der Waals surface area contributed by atoms with E-state index in [9.17, 15) is 13.0 Å². The first-order chi connectivity index (χ1) is 11.6. The molecule has 0 aromatic heterocycles. The van der Waals surface area contributed by atoms with Crippen LogP contribution in [0.4, 0.5) is 0 Å². The molecule has 0 bridgehead atoms. The predicted molar refractivity (Wildman–Crippen MR) is 108 cm³/mol. The molecule has 6 heteroatoms. The Morgan fingerprint density at radius 2 is 1.24 bits per heavy atom. The fourth-order valence-corrected chi connectivity index (χ4v) is 3.52. The van der Waals surface area contributed by atoms with Crippen LogP contribution in [0.1, 0.15) is 76.7 Å². The van der Waals surface area contributed by atoms with Crippen LogP contribution >= 0.6 is 0 Å². The Hall–Kier alpha value is 0.350. The summed E-state index contributed by atoms with van der Waals surface area (Å²) in [6.07, 6.45) is 13.3. The third-order valence-electron chi connectivity index (χ3n) is 4.05. The van der Waals surface area contributed by atoms with E-state index in [0.29, 0.717) is 6.42 Å². The summed E-state index contributed by atoms with van der Waals surface area (Å²) in [7, 11) is -3.10. The van der Waals surface area contributed by atoms with E-state index in [4.69, 9.17) is 5.11 Å². The van der Waals surface area contributed by atoms with Gasteiger partial charge in [-0.05, 0) is 24.5 Å². The Kier molecular flexibility index (Phi) is 19.6. The van der Waals surface area contributed by atoms with Gasteiger partial charge in [-0.3, -0.25) is 4.55 Å². The summed E-state index contributed by atoms with van der Waals surface area (Å²) in [6, 6.07) is 6.73. The van der Waals surface area contributed by atoms with E-state index >= 15 is 0 Å². The van der Waals surface area contributed by atoms with Crippen LogP contribution in [0.25, 0.3) is 0 Å². The van der Waals surface area contributed by atoms with Crippen LogP contribution in [-0.4, -0.2) is 62.9 Å². The van der Waals surface area contributed by atoms with Crippen LogP contribution in [0, 0.1) is 0 Å². The van der Waals surface area contributed by atoms with Gasteiger partial charge >= 0.3 is 37.7 Å². The third kappa shape index (κ3) is 14.1. The summed E-state index contributed by atoms with van der Waals surface area (Å²) in [5, 5.41) is 7.00. The quantitative estimate of drug-likeness (QED) is 0.315. The van der Waals surface area contributed by atoms with Gasteiger partial charge in [0.2, 0.25) is 0 Å². The Morgan fingerprint density at radius 1 is 0.800 bits per heavy atom. The van der Waals surface area contributed by atoms with E-state index in [1.165, 1.54) is 57.4 Å². The second-order valence-corrected chi connectivity index (χ2v) is 7.40. The van der Waals surface area contributed by atoms with Crippen molar-refractivity contribution in [2.45, 2.75) is 82.4 Å². The van der Waals surface area contributed by atoms with E-state index in [1.54, 1.807) is 12.1 Å². The summed E-state index contributed by atoms with van der Waals surface area (Å²) < 4.78 is 31.8. The molecule has 0 aliphatic carbocycles. The topological polar surface area (TPSA) is 74.6 Å². The van der Waals surface area contributed by atoms with Crippen molar-refractivity contribution in [3.63, 3.8) is 0 Å². The molecule has 4 nitrogen and oxygen atoms in total. The first-order valence-corrected chi connectivity index (χ1v) is 10.5. The van der Waals surface area contributed by atoms with Crippen LogP contribution in [0.15, 0.2) is 29.2 Å². The van der Waals surface area contributed by atoms with Crippen molar-refractivity contribution in [3.05, 3.63) is 29.8 Å². The second-order valence-electron chi connectivity index (χ2n) is 6.01. The van der Waals surface area contributed by atoms with Gasteiger partial charge in [-0.15, -0.1) is 0 Å². The molecule has 0 saturated carbocycles. The second kappa shape index (κ2) is 17.7. The molecule has 0 spiro atoms. The number of aliphatic hydroxyl groups is 1. The monoisotopic (exact) mass is 400 g/mol. The van der Waals surface area contributed by atoms with Crippen molar-refractivity contribution in [1.82, 2.24) is 0 Å². The summed E-state index contributed by atoms with van der Waals surface area (Å²) in [5.74, 6) is 0. The predicted octanol–water partition coefficient (Wildman–Crippen LogP) is 4.09. The minimum atomic E-state index is -4.10. The SMILES string of the molecule is CCCCCCCCCCCCc1ccccc1S(=O)(=O)O.CO.[CaH2]. The third-order valence-corrected chi connectivity index (χ3v) is 5.00. The van der Waals surface area contributed by atoms with E-state index in [1.807, 2.05) is 6.07 Å². The van der Waals surface area contributed by atoms with Gasteiger partial charge in [0, 0.05) is 7.11 Å². The number of rotatable bonds is 12. The molecule has 0 radical (unpaired) electrons. The minimum absolute atomic E-state index is 0. The molecule has 0 atom stereocenters. The van der Waals surface area contributed by atoms with E-state index in [0.717, 1.165) is 25.5 Å². The van der Waals surface area contributed by atoms with Gasteiger partial charge in [0.15, 0.2) is 0 Å². The number of hydrogen-bond acceptors (Lipinski definition) is 3. The molecule has 0 unspecified atom stereocenters. The molecule has 0 aliphatic rings. The van der Waals surface area contributed by atoms with Crippen LogP contribution in [0.2, 0.25) is 0 Å². The Balaban J connectivity index is 0. The number of aryl methyl sites for hydroxylation is 1. The average molecular weight is 401 g/mol. The van der Waals surface area contributed by atoms with Crippen LogP contribution in [-0.2, 0) is 16.5 Å². The molecular weight excluding hydrogens is 364 g/mol. The van der Waals surface area contributed by atoms with Gasteiger partial charge in [-0.2, -0.15) is 8.42 Å². The van der Waals surface area contributed by atoms with Crippen LogP contribution in [0.5, 0.6) is 0 Å². The van der Waals surface area contributed by atoms with Gasteiger partial charge in [0.1, 0.15) is 0 Å². The van der Waals surface area contributed by atoms with Crippen molar-refractivity contribution >= 4 is 47.9 Å². The van der Waals surface area contributed by atoms with Gasteiger partial charge in [-0.1, -0.05) is 82.9 Å². The fourth-order valence-electron chi connectivity index (χ4n) is 2.76. The van der Waals surface area contributed by atoms with Crippen molar-refractivity contribution in [2.24, 2.45) is 0 Å². The molecular formula is C19H36CaO4S.